The minimum atomic E-state index is -0.699. The summed E-state index contributed by atoms with van der Waals surface area (Å²) in [5.41, 5.74) is 5.29. The van der Waals surface area contributed by atoms with Gasteiger partial charge in [0, 0.05) is 6.20 Å². The predicted molar refractivity (Wildman–Crippen MR) is 40.3 cm³/mol. The maximum absolute atomic E-state index is 10.9. The molecule has 1 heterocycles. The van der Waals surface area contributed by atoms with Crippen molar-refractivity contribution >= 4 is 5.91 Å². The fourth-order valence-electron chi connectivity index (χ4n) is 0.775. The normalized spacial score (nSPS) is 9.55. The molecular weight excluding hydrogens is 144 g/mol. The lowest BCUT2D eigenvalue weighted by atomic mass is 10.2. The molecule has 0 fully saturated rings. The Morgan fingerprint density at radius 3 is 2.73 bits per heavy atom. The van der Waals surface area contributed by atoms with Gasteiger partial charge in [-0.2, -0.15) is 0 Å². The van der Waals surface area contributed by atoms with Crippen molar-refractivity contribution in [1.29, 1.82) is 0 Å². The maximum atomic E-state index is 10.9. The van der Waals surface area contributed by atoms with Crippen LogP contribution in [0.3, 0.4) is 0 Å². The van der Waals surface area contributed by atoms with Crippen LogP contribution in [0.2, 0.25) is 0 Å². The molecule has 0 bridgehead atoms. The van der Waals surface area contributed by atoms with Gasteiger partial charge in [-0.25, -0.2) is 0 Å². The van der Waals surface area contributed by atoms with Crippen LogP contribution in [0.1, 0.15) is 15.9 Å². The van der Waals surface area contributed by atoms with Crippen molar-refractivity contribution in [3.8, 4) is 0 Å². The van der Waals surface area contributed by atoms with Crippen LogP contribution >= 0.6 is 0 Å². The summed E-state index contributed by atoms with van der Waals surface area (Å²) < 4.78 is 0. The molecule has 0 radical (unpaired) electrons. The van der Waals surface area contributed by atoms with E-state index in [1.165, 1.54) is 12.3 Å². The number of aryl methyl sites for hydroxylation is 1. The number of aromatic amines is 1. The van der Waals surface area contributed by atoms with Gasteiger partial charge < -0.3 is 10.7 Å². The van der Waals surface area contributed by atoms with E-state index in [4.69, 9.17) is 5.73 Å². The topological polar surface area (TPSA) is 75.9 Å². The van der Waals surface area contributed by atoms with Crippen LogP contribution in [-0.2, 0) is 0 Å². The lowest BCUT2D eigenvalue weighted by molar-refractivity contribution is 0.0999. The average Bonchev–Trinajstić information content (AvgIpc) is 1.94. The molecule has 0 aliphatic rings. The van der Waals surface area contributed by atoms with E-state index in [0.29, 0.717) is 0 Å². The molecule has 3 N–H and O–H groups in total. The molecule has 0 unspecified atom stereocenters. The van der Waals surface area contributed by atoms with Crippen LogP contribution in [0.25, 0.3) is 0 Å². The molecule has 0 aliphatic carbocycles. The number of amides is 1. The van der Waals surface area contributed by atoms with Gasteiger partial charge in [0.1, 0.15) is 5.56 Å². The second-order valence-corrected chi connectivity index (χ2v) is 2.28. The lowest BCUT2D eigenvalue weighted by Crippen LogP contribution is -2.23. The molecule has 0 saturated heterocycles. The third kappa shape index (κ3) is 1.46. The van der Waals surface area contributed by atoms with Crippen LogP contribution in [-0.4, -0.2) is 10.9 Å². The molecule has 1 amide bonds. The van der Waals surface area contributed by atoms with Gasteiger partial charge in [-0.3, -0.25) is 9.59 Å². The molecule has 0 atom stereocenters. The minimum Gasteiger partial charge on any atom is -0.365 e. The molecule has 0 aromatic carbocycles. The zero-order chi connectivity index (χ0) is 8.43. The number of carbonyl (C=O) groups excluding carboxylic acids is 1. The summed E-state index contributed by atoms with van der Waals surface area (Å²) >= 11 is 0. The summed E-state index contributed by atoms with van der Waals surface area (Å²) in [6, 6.07) is 1.46. The van der Waals surface area contributed by atoms with E-state index >= 15 is 0 Å². The first-order valence-corrected chi connectivity index (χ1v) is 3.10. The number of H-pyrrole nitrogens is 1. The fourth-order valence-corrected chi connectivity index (χ4v) is 0.775. The summed E-state index contributed by atoms with van der Waals surface area (Å²) in [6.07, 6.45) is 1.52. The zero-order valence-corrected chi connectivity index (χ0v) is 6.05. The number of nitrogens with two attached hydrogens (primary N) is 1. The smallest absolute Gasteiger partial charge is 0.260 e. The Morgan fingerprint density at radius 1 is 1.64 bits per heavy atom. The van der Waals surface area contributed by atoms with E-state index < -0.39 is 11.5 Å². The van der Waals surface area contributed by atoms with Gasteiger partial charge in [-0.1, -0.05) is 0 Å². The van der Waals surface area contributed by atoms with E-state index in [2.05, 4.69) is 4.98 Å². The van der Waals surface area contributed by atoms with Crippen molar-refractivity contribution in [2.75, 3.05) is 0 Å². The maximum Gasteiger partial charge on any atom is 0.260 e. The fraction of sp³-hybridized carbons (Fsp3) is 0.143. The van der Waals surface area contributed by atoms with Gasteiger partial charge >= 0.3 is 0 Å². The molecule has 11 heavy (non-hydrogen) atoms. The van der Waals surface area contributed by atoms with Crippen molar-refractivity contribution in [2.24, 2.45) is 5.73 Å². The van der Waals surface area contributed by atoms with Gasteiger partial charge in [-0.05, 0) is 18.6 Å². The second kappa shape index (κ2) is 2.57. The number of rotatable bonds is 1. The number of primary amides is 1. The summed E-state index contributed by atoms with van der Waals surface area (Å²) in [5.74, 6) is -0.699. The monoisotopic (exact) mass is 152 g/mol. The van der Waals surface area contributed by atoms with Crippen LogP contribution in [0.4, 0.5) is 0 Å². The summed E-state index contributed by atoms with van der Waals surface area (Å²) in [5, 5.41) is 0. The molecule has 58 valence electrons. The minimum absolute atomic E-state index is 0.00463. The number of nitrogens with one attached hydrogen (secondary N) is 1. The van der Waals surface area contributed by atoms with Crippen molar-refractivity contribution in [3.05, 3.63) is 33.7 Å². The Kier molecular flexibility index (Phi) is 1.76. The van der Waals surface area contributed by atoms with E-state index in [1.54, 1.807) is 6.92 Å². The Hall–Kier alpha value is -1.58. The van der Waals surface area contributed by atoms with Crippen LogP contribution in [0.5, 0.6) is 0 Å². The van der Waals surface area contributed by atoms with Gasteiger partial charge in [0.05, 0.1) is 0 Å². The number of aromatic nitrogens is 1. The quantitative estimate of drug-likeness (QED) is 0.583. The van der Waals surface area contributed by atoms with Gasteiger partial charge in [0.2, 0.25) is 0 Å². The molecule has 4 heteroatoms. The van der Waals surface area contributed by atoms with Gasteiger partial charge in [0.25, 0.3) is 11.5 Å². The Morgan fingerprint density at radius 2 is 2.27 bits per heavy atom. The first-order valence-electron chi connectivity index (χ1n) is 3.10. The van der Waals surface area contributed by atoms with E-state index in [-0.39, 0.29) is 5.56 Å². The van der Waals surface area contributed by atoms with Crippen LogP contribution in [0, 0.1) is 6.92 Å². The highest BCUT2D eigenvalue weighted by Crippen LogP contribution is 1.93. The largest absolute Gasteiger partial charge is 0.365 e. The Balaban J connectivity index is 3.35. The SMILES string of the molecule is Cc1c[nH]c(=O)c(C(N)=O)c1. The number of pyridine rings is 1. The van der Waals surface area contributed by atoms with Crippen molar-refractivity contribution in [2.45, 2.75) is 6.92 Å². The highest BCUT2D eigenvalue weighted by Gasteiger charge is 2.04. The molecule has 1 aromatic heterocycles. The second-order valence-electron chi connectivity index (χ2n) is 2.28. The highest BCUT2D eigenvalue weighted by atomic mass is 16.2. The third-order valence-electron chi connectivity index (χ3n) is 1.31. The van der Waals surface area contributed by atoms with E-state index in [1.807, 2.05) is 0 Å². The van der Waals surface area contributed by atoms with Crippen LogP contribution in [0.15, 0.2) is 17.1 Å². The standard InChI is InChI=1S/C7H8N2O2/c1-4-2-5(6(8)10)7(11)9-3-4/h2-3H,1H3,(H2,8,10)(H,9,11). The number of hydrogen-bond acceptors (Lipinski definition) is 2. The summed E-state index contributed by atoms with van der Waals surface area (Å²) in [7, 11) is 0. The van der Waals surface area contributed by atoms with Crippen molar-refractivity contribution in [1.82, 2.24) is 4.98 Å². The Bertz CT molecular complexity index is 341. The zero-order valence-electron chi connectivity index (χ0n) is 6.05. The molecule has 0 saturated carbocycles. The first-order chi connectivity index (χ1) is 5.11. The van der Waals surface area contributed by atoms with E-state index in [9.17, 15) is 9.59 Å². The van der Waals surface area contributed by atoms with E-state index in [0.717, 1.165) is 5.56 Å². The predicted octanol–water partition coefficient (Wildman–Crippen LogP) is -0.218. The highest BCUT2D eigenvalue weighted by molar-refractivity contribution is 5.92. The molecule has 0 spiro atoms. The molecular formula is C7H8N2O2. The Labute approximate surface area is 63.0 Å². The van der Waals surface area contributed by atoms with Crippen molar-refractivity contribution < 1.29 is 4.79 Å². The van der Waals surface area contributed by atoms with Gasteiger partial charge in [-0.15, -0.1) is 0 Å². The molecule has 1 aromatic rings. The third-order valence-corrected chi connectivity index (χ3v) is 1.31. The summed E-state index contributed by atoms with van der Waals surface area (Å²) in [6.45, 7) is 1.77. The van der Waals surface area contributed by atoms with Crippen LogP contribution < -0.4 is 11.3 Å². The number of hydrogen-bond donors (Lipinski definition) is 2. The van der Waals surface area contributed by atoms with Gasteiger partial charge in [0.15, 0.2) is 0 Å². The molecule has 1 rings (SSSR count). The van der Waals surface area contributed by atoms with Crippen molar-refractivity contribution in [3.63, 3.8) is 0 Å². The summed E-state index contributed by atoms with van der Waals surface area (Å²) in [4.78, 5) is 23.8. The number of carbonyl (C=O) groups is 1. The lowest BCUT2D eigenvalue weighted by Gasteiger charge is -1.94. The molecule has 0 aliphatic heterocycles. The first kappa shape index (κ1) is 7.53. The molecule has 4 nitrogen and oxygen atoms in total. The average molecular weight is 152 g/mol.